The monoisotopic (exact) mass is 527 g/mol. The molecule has 1 fully saturated rings. The normalized spacial score (nSPS) is 17.1. The van der Waals surface area contributed by atoms with Crippen LogP contribution < -0.4 is 11.1 Å². The average Bonchev–Trinajstić information content (AvgIpc) is 3.28. The fourth-order valence-corrected chi connectivity index (χ4v) is 3.50. The van der Waals surface area contributed by atoms with Gasteiger partial charge in [-0.15, -0.1) is 5.10 Å². The van der Waals surface area contributed by atoms with Crippen molar-refractivity contribution in [2.45, 2.75) is 96.7 Å². The average molecular weight is 528 g/mol. The van der Waals surface area contributed by atoms with E-state index in [1.807, 2.05) is 6.92 Å². The molecule has 2 rings (SSSR count). The van der Waals surface area contributed by atoms with Crippen LogP contribution in [0, 0.1) is 0 Å². The van der Waals surface area contributed by atoms with Gasteiger partial charge in [-0.05, 0) is 63.8 Å². The van der Waals surface area contributed by atoms with E-state index < -0.39 is 35.5 Å². The Kier molecular flexibility index (Phi) is 13.7. The first-order valence-electron chi connectivity index (χ1n) is 12.2. The molecule has 0 aliphatic carbocycles. The number of nitrogens with one attached hydrogen (secondary N) is 1. The third-order valence-electron chi connectivity index (χ3n) is 5.26. The molecule has 37 heavy (non-hydrogen) atoms. The van der Waals surface area contributed by atoms with Crippen molar-refractivity contribution in [2.24, 2.45) is 5.73 Å². The summed E-state index contributed by atoms with van der Waals surface area (Å²) in [6.07, 6.45) is 4.13. The fraction of sp³-hybridized carbons (Fsp3) is 0.783. The van der Waals surface area contributed by atoms with Gasteiger partial charge in [-0.3, -0.25) is 14.4 Å². The second-order valence-electron chi connectivity index (χ2n) is 9.76. The molecule has 0 aromatic carbocycles. The minimum atomic E-state index is -1.15. The van der Waals surface area contributed by atoms with Gasteiger partial charge in [-0.25, -0.2) is 9.48 Å². The summed E-state index contributed by atoms with van der Waals surface area (Å²) < 4.78 is 16.4. The number of methoxy groups -OCH3 is 2. The molecule has 0 saturated carbocycles. The predicted molar refractivity (Wildman–Crippen MR) is 132 cm³/mol. The van der Waals surface area contributed by atoms with E-state index in [-0.39, 0.29) is 12.5 Å². The Labute approximate surface area is 217 Å². The lowest BCUT2D eigenvalue weighted by Gasteiger charge is -2.32. The van der Waals surface area contributed by atoms with Crippen LogP contribution in [-0.4, -0.2) is 93.9 Å². The summed E-state index contributed by atoms with van der Waals surface area (Å²) in [6, 6.07) is -1.61. The van der Waals surface area contributed by atoms with Crippen molar-refractivity contribution in [1.29, 1.82) is 0 Å². The van der Waals surface area contributed by atoms with Gasteiger partial charge in [0.05, 0.1) is 13.5 Å². The zero-order valence-corrected chi connectivity index (χ0v) is 22.6. The molecule has 0 radical (unpaired) electrons. The van der Waals surface area contributed by atoms with Crippen molar-refractivity contribution in [3.05, 3.63) is 5.82 Å². The second-order valence-corrected chi connectivity index (χ2v) is 9.76. The second kappa shape index (κ2) is 15.9. The van der Waals surface area contributed by atoms with E-state index in [9.17, 15) is 19.2 Å². The highest BCUT2D eigenvalue weighted by Crippen LogP contribution is 2.16. The van der Waals surface area contributed by atoms with Gasteiger partial charge < -0.3 is 30.2 Å². The Bertz CT molecular complexity index is 870. The van der Waals surface area contributed by atoms with Gasteiger partial charge in [0.15, 0.2) is 5.82 Å². The molecule has 14 nitrogen and oxygen atoms in total. The number of aryl methyl sites for hydroxylation is 1. The molecule has 0 bridgehead atoms. The Morgan fingerprint density at radius 2 is 1.95 bits per heavy atom. The molecule has 3 unspecified atom stereocenters. The lowest BCUT2D eigenvalue weighted by atomic mass is 10.0. The first kappa shape index (κ1) is 31.9. The maximum absolute atomic E-state index is 12.4. The number of carbonyl (C=O) groups is 4. The van der Waals surface area contributed by atoms with Crippen molar-refractivity contribution in [3.63, 3.8) is 0 Å². The van der Waals surface area contributed by atoms with Crippen LogP contribution in [-0.2, 0) is 46.5 Å². The first-order chi connectivity index (χ1) is 17.4. The number of nitrogens with two attached hydrogens (primary N) is 1. The van der Waals surface area contributed by atoms with Gasteiger partial charge in [-0.1, -0.05) is 0 Å². The lowest BCUT2D eigenvalue weighted by Crippen LogP contribution is -2.53. The SMILES string of the molecule is COC(=O)C(CC(=O)OC(C)(C)C)NC(=O)C1CCCCN1C=O.COCn1nnnc1CCC(C)N. The molecule has 1 saturated heterocycles. The summed E-state index contributed by atoms with van der Waals surface area (Å²) in [5.74, 6) is -1.00. The quantitative estimate of drug-likeness (QED) is 0.291. The van der Waals surface area contributed by atoms with Crippen molar-refractivity contribution >= 4 is 24.3 Å². The molecule has 2 amide bonds. The predicted octanol–water partition coefficient (Wildman–Crippen LogP) is -0.0563. The molecular weight excluding hydrogens is 486 g/mol. The molecule has 2 heterocycles. The lowest BCUT2D eigenvalue weighted by molar-refractivity contribution is -0.159. The Morgan fingerprint density at radius 1 is 1.24 bits per heavy atom. The van der Waals surface area contributed by atoms with Crippen LogP contribution in [0.2, 0.25) is 0 Å². The minimum absolute atomic E-state index is 0.174. The largest absolute Gasteiger partial charge is 0.467 e. The zero-order chi connectivity index (χ0) is 28.0. The van der Waals surface area contributed by atoms with Crippen LogP contribution in [0.4, 0.5) is 0 Å². The van der Waals surface area contributed by atoms with E-state index in [0.29, 0.717) is 26.1 Å². The summed E-state index contributed by atoms with van der Waals surface area (Å²) in [7, 11) is 2.78. The summed E-state index contributed by atoms with van der Waals surface area (Å²) >= 11 is 0. The molecule has 3 atom stereocenters. The Morgan fingerprint density at radius 3 is 2.51 bits per heavy atom. The van der Waals surface area contributed by atoms with E-state index in [1.165, 1.54) is 12.0 Å². The topological polar surface area (TPSA) is 181 Å². The zero-order valence-electron chi connectivity index (χ0n) is 22.6. The third-order valence-corrected chi connectivity index (χ3v) is 5.26. The van der Waals surface area contributed by atoms with Gasteiger partial charge in [0, 0.05) is 26.1 Å². The van der Waals surface area contributed by atoms with Gasteiger partial charge >= 0.3 is 11.9 Å². The van der Waals surface area contributed by atoms with Crippen molar-refractivity contribution in [1.82, 2.24) is 30.4 Å². The van der Waals surface area contributed by atoms with Crippen LogP contribution in [0.5, 0.6) is 0 Å². The van der Waals surface area contributed by atoms with Crippen molar-refractivity contribution < 1.29 is 33.4 Å². The van der Waals surface area contributed by atoms with Crippen LogP contribution in [0.1, 0.15) is 65.6 Å². The van der Waals surface area contributed by atoms with Crippen molar-refractivity contribution in [2.75, 3.05) is 20.8 Å². The molecule has 210 valence electrons. The van der Waals surface area contributed by atoms with Gasteiger partial charge in [0.1, 0.15) is 24.4 Å². The number of tetrazole rings is 1. The maximum Gasteiger partial charge on any atom is 0.328 e. The number of nitrogens with zero attached hydrogens (tertiary/aromatic N) is 5. The van der Waals surface area contributed by atoms with Gasteiger partial charge in [-0.2, -0.15) is 0 Å². The number of ether oxygens (including phenoxy) is 3. The van der Waals surface area contributed by atoms with E-state index >= 15 is 0 Å². The fourth-order valence-electron chi connectivity index (χ4n) is 3.50. The highest BCUT2D eigenvalue weighted by atomic mass is 16.6. The highest BCUT2D eigenvalue weighted by Gasteiger charge is 2.33. The molecule has 3 N–H and O–H groups in total. The van der Waals surface area contributed by atoms with E-state index in [1.54, 1.807) is 32.6 Å². The number of aromatic nitrogens is 4. The Balaban J connectivity index is 0.000000442. The Hall–Kier alpha value is -3.13. The highest BCUT2D eigenvalue weighted by molar-refractivity contribution is 5.90. The summed E-state index contributed by atoms with van der Waals surface area (Å²) in [6.45, 7) is 7.98. The number of amides is 2. The third kappa shape index (κ3) is 12.1. The first-order valence-corrected chi connectivity index (χ1v) is 12.2. The smallest absolute Gasteiger partial charge is 0.328 e. The van der Waals surface area contributed by atoms with E-state index in [2.05, 4.69) is 25.6 Å². The number of rotatable bonds is 11. The summed E-state index contributed by atoms with van der Waals surface area (Å²) in [5.41, 5.74) is 4.93. The number of hydrogen-bond acceptors (Lipinski definition) is 11. The standard InChI is InChI=1S/C16H26N2O6.C7H15N5O/c1-16(2,3)24-13(20)9-11(15(22)23-4)17-14(21)12-7-5-6-8-18(12)10-19;1-6(8)3-4-7-9-10-11-12(7)5-13-2/h10-12H,5-9H2,1-4H3,(H,17,21);6H,3-5,8H2,1-2H3. The van der Waals surface area contributed by atoms with Crippen LogP contribution in [0.15, 0.2) is 0 Å². The van der Waals surface area contributed by atoms with Gasteiger partial charge in [0.25, 0.3) is 0 Å². The van der Waals surface area contributed by atoms with Crippen molar-refractivity contribution in [3.8, 4) is 0 Å². The molecule has 14 heteroatoms. The molecule has 0 spiro atoms. The molecule has 1 aromatic heterocycles. The van der Waals surface area contributed by atoms with E-state index in [4.69, 9.17) is 15.2 Å². The van der Waals surface area contributed by atoms with Gasteiger partial charge in [0.2, 0.25) is 12.3 Å². The summed E-state index contributed by atoms with van der Waals surface area (Å²) in [5, 5.41) is 13.7. The van der Waals surface area contributed by atoms with Crippen LogP contribution in [0.3, 0.4) is 0 Å². The maximum atomic E-state index is 12.4. The molecular formula is C23H41N7O7. The number of piperidine rings is 1. The van der Waals surface area contributed by atoms with Crippen LogP contribution >= 0.6 is 0 Å². The molecule has 1 aliphatic rings. The van der Waals surface area contributed by atoms with Crippen LogP contribution in [0.25, 0.3) is 0 Å². The number of likely N-dealkylation sites (tertiary alicyclic amines) is 1. The molecule has 1 aromatic rings. The number of hydrogen-bond donors (Lipinski definition) is 2. The summed E-state index contributed by atoms with van der Waals surface area (Å²) in [4.78, 5) is 48.6. The minimum Gasteiger partial charge on any atom is -0.467 e. The van der Waals surface area contributed by atoms with E-state index in [0.717, 1.165) is 31.5 Å². The molecule has 1 aliphatic heterocycles. The number of carbonyl (C=O) groups excluding carboxylic acids is 4. The number of esters is 2.